The van der Waals surface area contributed by atoms with Gasteiger partial charge < -0.3 is 10.1 Å². The number of ether oxygens (including phenoxy) is 1. The molecule has 1 rings (SSSR count). The predicted octanol–water partition coefficient (Wildman–Crippen LogP) is 4.16. The maximum absolute atomic E-state index is 8.99. The molecule has 0 aliphatic heterocycles. The first-order valence-electron chi connectivity index (χ1n) is 7.01. The molecule has 0 saturated carbocycles. The number of hydrogen-bond acceptors (Lipinski definition) is 3. The van der Waals surface area contributed by atoms with Crippen molar-refractivity contribution in [3.05, 3.63) is 28.8 Å². The molecule has 0 radical (unpaired) electrons. The fourth-order valence-corrected chi connectivity index (χ4v) is 1.89. The predicted molar refractivity (Wildman–Crippen MR) is 83.0 cm³/mol. The number of nitrogens with zero attached hydrogens (tertiary/aromatic N) is 1. The third kappa shape index (κ3) is 5.81. The van der Waals surface area contributed by atoms with E-state index in [0.717, 1.165) is 30.8 Å². The molecule has 0 fully saturated rings. The second kappa shape index (κ2) is 8.14. The number of halogens is 1. The van der Waals surface area contributed by atoms with Gasteiger partial charge in [-0.1, -0.05) is 18.5 Å². The monoisotopic (exact) mass is 294 g/mol. The van der Waals surface area contributed by atoms with Gasteiger partial charge in [-0.15, -0.1) is 0 Å². The molecule has 0 aliphatic rings. The first-order valence-corrected chi connectivity index (χ1v) is 7.39. The third-order valence-corrected chi connectivity index (χ3v) is 3.29. The zero-order valence-electron chi connectivity index (χ0n) is 12.5. The normalized spacial score (nSPS) is 11.2. The molecule has 4 heteroatoms. The average molecular weight is 295 g/mol. The Morgan fingerprint density at radius 1 is 1.40 bits per heavy atom. The van der Waals surface area contributed by atoms with Gasteiger partial charge in [0.25, 0.3) is 0 Å². The van der Waals surface area contributed by atoms with Gasteiger partial charge in [0, 0.05) is 17.1 Å². The van der Waals surface area contributed by atoms with Gasteiger partial charge in [-0.2, -0.15) is 5.26 Å². The second-order valence-corrected chi connectivity index (χ2v) is 5.96. The Morgan fingerprint density at radius 2 is 2.15 bits per heavy atom. The van der Waals surface area contributed by atoms with Gasteiger partial charge in [0.15, 0.2) is 0 Å². The minimum atomic E-state index is -0.354. The Hall–Kier alpha value is -1.24. The molecule has 0 unspecified atom stereocenters. The van der Waals surface area contributed by atoms with Gasteiger partial charge in [-0.3, -0.25) is 0 Å². The van der Waals surface area contributed by atoms with Crippen molar-refractivity contribution >= 4 is 11.6 Å². The highest BCUT2D eigenvalue weighted by Gasteiger charge is 2.16. The lowest BCUT2D eigenvalue weighted by molar-refractivity contribution is 0.262. The van der Waals surface area contributed by atoms with Crippen LogP contribution in [0, 0.1) is 16.7 Å². The van der Waals surface area contributed by atoms with Crippen LogP contribution in [0.3, 0.4) is 0 Å². The summed E-state index contributed by atoms with van der Waals surface area (Å²) in [6.07, 6.45) is 1.79. The summed E-state index contributed by atoms with van der Waals surface area (Å²) < 4.78 is 5.81. The molecule has 1 N–H and O–H groups in total. The maximum Gasteiger partial charge on any atom is 0.123 e. The van der Waals surface area contributed by atoms with Gasteiger partial charge in [-0.05, 0) is 51.4 Å². The summed E-state index contributed by atoms with van der Waals surface area (Å²) >= 11 is 6.03. The summed E-state index contributed by atoms with van der Waals surface area (Å²) in [5.74, 6) is 0.840. The number of nitrogens with one attached hydrogen (secondary N) is 1. The summed E-state index contributed by atoms with van der Waals surface area (Å²) in [6.45, 7) is 8.21. The van der Waals surface area contributed by atoms with Crippen LogP contribution in [-0.2, 0) is 6.54 Å². The summed E-state index contributed by atoms with van der Waals surface area (Å²) in [4.78, 5) is 0. The molecule has 1 aromatic rings. The Morgan fingerprint density at radius 3 is 2.80 bits per heavy atom. The Balaban J connectivity index is 2.62. The minimum absolute atomic E-state index is 0.354. The lowest BCUT2D eigenvalue weighted by Crippen LogP contribution is -2.16. The Bertz CT molecular complexity index is 466. The van der Waals surface area contributed by atoms with Crippen LogP contribution in [0.4, 0.5) is 0 Å². The highest BCUT2D eigenvalue weighted by atomic mass is 35.5. The lowest BCUT2D eigenvalue weighted by Gasteiger charge is -2.17. The van der Waals surface area contributed by atoms with E-state index in [4.69, 9.17) is 21.6 Å². The molecule has 0 spiro atoms. The van der Waals surface area contributed by atoms with Crippen LogP contribution >= 0.6 is 11.6 Å². The molecule has 3 nitrogen and oxygen atoms in total. The van der Waals surface area contributed by atoms with E-state index in [0.29, 0.717) is 18.1 Å². The van der Waals surface area contributed by atoms with Gasteiger partial charge in [0.1, 0.15) is 5.75 Å². The van der Waals surface area contributed by atoms with E-state index < -0.39 is 0 Å². The van der Waals surface area contributed by atoms with E-state index in [1.165, 1.54) is 0 Å². The van der Waals surface area contributed by atoms with Gasteiger partial charge in [0.2, 0.25) is 0 Å². The molecular formula is C16H23ClN2O. The number of benzene rings is 1. The van der Waals surface area contributed by atoms with Crippen molar-refractivity contribution in [1.82, 2.24) is 5.32 Å². The van der Waals surface area contributed by atoms with Crippen LogP contribution in [0.1, 0.15) is 39.2 Å². The lowest BCUT2D eigenvalue weighted by atomic mass is 9.92. The highest BCUT2D eigenvalue weighted by Crippen LogP contribution is 2.25. The van der Waals surface area contributed by atoms with Crippen molar-refractivity contribution in [2.24, 2.45) is 5.41 Å². The molecule has 0 atom stereocenters. The molecule has 20 heavy (non-hydrogen) atoms. The number of rotatable bonds is 8. The molecule has 0 heterocycles. The summed E-state index contributed by atoms with van der Waals surface area (Å²) in [7, 11) is 0. The van der Waals surface area contributed by atoms with Crippen molar-refractivity contribution < 1.29 is 4.74 Å². The van der Waals surface area contributed by atoms with Gasteiger partial charge in [0.05, 0.1) is 18.1 Å². The number of hydrogen-bond donors (Lipinski definition) is 1. The van der Waals surface area contributed by atoms with Crippen molar-refractivity contribution in [2.75, 3.05) is 13.2 Å². The SMILES string of the molecule is CCCNCc1cc(Cl)ccc1OCCC(C)(C)C#N. The molecule has 110 valence electrons. The minimum Gasteiger partial charge on any atom is -0.493 e. The van der Waals surface area contributed by atoms with Crippen LogP contribution in [0.5, 0.6) is 5.75 Å². The molecule has 0 aliphatic carbocycles. The summed E-state index contributed by atoms with van der Waals surface area (Å²) in [5.41, 5.74) is 0.702. The third-order valence-electron chi connectivity index (χ3n) is 3.05. The van der Waals surface area contributed by atoms with Gasteiger partial charge >= 0.3 is 0 Å². The van der Waals surface area contributed by atoms with E-state index in [1.807, 2.05) is 32.0 Å². The smallest absolute Gasteiger partial charge is 0.123 e. The molecule has 1 aromatic carbocycles. The standard InChI is InChI=1S/C16H23ClN2O/c1-4-8-19-11-13-10-14(17)5-6-15(13)20-9-7-16(2,3)12-18/h5-6,10,19H,4,7-9,11H2,1-3H3. The topological polar surface area (TPSA) is 45.0 Å². The molecule has 0 saturated heterocycles. The summed E-state index contributed by atoms with van der Waals surface area (Å²) in [5, 5.41) is 13.0. The van der Waals surface area contributed by atoms with E-state index in [1.54, 1.807) is 0 Å². The van der Waals surface area contributed by atoms with Crippen LogP contribution in [0.2, 0.25) is 5.02 Å². The maximum atomic E-state index is 8.99. The van der Waals surface area contributed by atoms with E-state index in [2.05, 4.69) is 18.3 Å². The largest absolute Gasteiger partial charge is 0.493 e. The van der Waals surface area contributed by atoms with Gasteiger partial charge in [-0.25, -0.2) is 0 Å². The number of nitriles is 1. The zero-order valence-corrected chi connectivity index (χ0v) is 13.3. The van der Waals surface area contributed by atoms with Crippen LogP contribution in [0.25, 0.3) is 0 Å². The van der Waals surface area contributed by atoms with Crippen LogP contribution in [0.15, 0.2) is 18.2 Å². The quantitative estimate of drug-likeness (QED) is 0.732. The highest BCUT2D eigenvalue weighted by molar-refractivity contribution is 6.30. The summed E-state index contributed by atoms with van der Waals surface area (Å²) in [6, 6.07) is 7.93. The second-order valence-electron chi connectivity index (χ2n) is 5.52. The molecule has 0 bridgehead atoms. The molecular weight excluding hydrogens is 272 g/mol. The van der Waals surface area contributed by atoms with Crippen LogP contribution < -0.4 is 10.1 Å². The molecule has 0 amide bonds. The zero-order chi connectivity index (χ0) is 15.0. The van der Waals surface area contributed by atoms with Crippen molar-refractivity contribution in [1.29, 1.82) is 5.26 Å². The van der Waals surface area contributed by atoms with Crippen molar-refractivity contribution in [2.45, 2.75) is 40.2 Å². The van der Waals surface area contributed by atoms with Crippen LogP contribution in [-0.4, -0.2) is 13.2 Å². The average Bonchev–Trinajstić information content (AvgIpc) is 2.41. The first kappa shape index (κ1) is 16.8. The first-order chi connectivity index (χ1) is 9.48. The Kier molecular flexibility index (Phi) is 6.84. The Labute approximate surface area is 126 Å². The fourth-order valence-electron chi connectivity index (χ4n) is 1.70. The van der Waals surface area contributed by atoms with E-state index >= 15 is 0 Å². The van der Waals surface area contributed by atoms with Crippen molar-refractivity contribution in [3.63, 3.8) is 0 Å². The van der Waals surface area contributed by atoms with E-state index in [-0.39, 0.29) is 5.41 Å². The fraction of sp³-hybridized carbons (Fsp3) is 0.562. The van der Waals surface area contributed by atoms with E-state index in [9.17, 15) is 0 Å². The molecule has 0 aromatic heterocycles. The van der Waals surface area contributed by atoms with Crippen molar-refractivity contribution in [3.8, 4) is 11.8 Å².